The van der Waals surface area contributed by atoms with E-state index in [-0.39, 0.29) is 13.2 Å². The Morgan fingerprint density at radius 3 is 2.71 bits per heavy atom. The predicted molar refractivity (Wildman–Crippen MR) is 81.9 cm³/mol. The Labute approximate surface area is 124 Å². The van der Waals surface area contributed by atoms with Crippen molar-refractivity contribution in [1.29, 1.82) is 0 Å². The van der Waals surface area contributed by atoms with E-state index >= 15 is 0 Å². The summed E-state index contributed by atoms with van der Waals surface area (Å²) < 4.78 is 10.7. The summed E-state index contributed by atoms with van der Waals surface area (Å²) in [6.07, 6.45) is 1.86. The van der Waals surface area contributed by atoms with Crippen LogP contribution in [0.1, 0.15) is 11.3 Å². The Kier molecular flexibility index (Phi) is 5.40. The number of rotatable bonds is 7. The minimum absolute atomic E-state index is 0.0319. The highest BCUT2D eigenvalue weighted by Crippen LogP contribution is 2.30. The number of nitrogens with one attached hydrogen (secondary N) is 1. The summed E-state index contributed by atoms with van der Waals surface area (Å²) in [5.74, 6) is 1.25. The lowest BCUT2D eigenvalue weighted by Crippen LogP contribution is -2.04. The molecular formula is C16H20N2O3. The molecule has 0 saturated carbocycles. The second-order valence-electron chi connectivity index (χ2n) is 4.60. The van der Waals surface area contributed by atoms with Gasteiger partial charge in [0, 0.05) is 30.2 Å². The standard InChI is InChI=1S/C16H20N2O3/c1-12-3-4-13(10-17-12)11-18-14-5-6-15(20-2)16(9-14)21-8-7-19/h3-6,9-10,18-19H,7-8,11H2,1-2H3. The van der Waals surface area contributed by atoms with Crippen molar-refractivity contribution in [1.82, 2.24) is 4.98 Å². The lowest BCUT2D eigenvalue weighted by molar-refractivity contribution is 0.196. The predicted octanol–water partition coefficient (Wildman–Crippen LogP) is 2.38. The van der Waals surface area contributed by atoms with Crippen LogP contribution >= 0.6 is 0 Å². The molecule has 0 aliphatic heterocycles. The highest BCUT2D eigenvalue weighted by Gasteiger charge is 2.05. The van der Waals surface area contributed by atoms with Crippen LogP contribution in [0.4, 0.5) is 5.69 Å². The number of aliphatic hydroxyl groups is 1. The van der Waals surface area contributed by atoms with Crippen molar-refractivity contribution in [2.45, 2.75) is 13.5 Å². The fourth-order valence-corrected chi connectivity index (χ4v) is 1.86. The van der Waals surface area contributed by atoms with Gasteiger partial charge in [-0.05, 0) is 30.7 Å². The minimum Gasteiger partial charge on any atom is -0.493 e. The first-order chi connectivity index (χ1) is 10.2. The highest BCUT2D eigenvalue weighted by molar-refractivity contribution is 5.55. The summed E-state index contributed by atoms with van der Waals surface area (Å²) in [7, 11) is 1.59. The third kappa shape index (κ3) is 4.36. The number of hydrogen-bond acceptors (Lipinski definition) is 5. The molecule has 0 spiro atoms. The summed E-state index contributed by atoms with van der Waals surface area (Å²) in [5.41, 5.74) is 3.03. The Hall–Kier alpha value is -2.27. The van der Waals surface area contributed by atoms with Crippen LogP contribution in [0.2, 0.25) is 0 Å². The molecule has 0 aliphatic carbocycles. The second kappa shape index (κ2) is 7.50. The number of anilines is 1. The smallest absolute Gasteiger partial charge is 0.163 e. The van der Waals surface area contributed by atoms with Gasteiger partial charge < -0.3 is 19.9 Å². The lowest BCUT2D eigenvalue weighted by Gasteiger charge is -2.13. The molecule has 2 N–H and O–H groups in total. The average molecular weight is 288 g/mol. The van der Waals surface area contributed by atoms with Crippen LogP contribution < -0.4 is 14.8 Å². The number of pyridine rings is 1. The first kappa shape index (κ1) is 15.1. The number of hydrogen-bond donors (Lipinski definition) is 2. The summed E-state index contributed by atoms with van der Waals surface area (Å²) in [6.45, 7) is 2.85. The van der Waals surface area contributed by atoms with Crippen molar-refractivity contribution >= 4 is 5.69 Å². The van der Waals surface area contributed by atoms with E-state index < -0.39 is 0 Å². The van der Waals surface area contributed by atoms with Crippen molar-refractivity contribution in [3.63, 3.8) is 0 Å². The molecule has 0 saturated heterocycles. The van der Waals surface area contributed by atoms with E-state index in [0.717, 1.165) is 16.9 Å². The molecule has 0 radical (unpaired) electrons. The molecule has 1 heterocycles. The van der Waals surface area contributed by atoms with Gasteiger partial charge in [-0.25, -0.2) is 0 Å². The largest absolute Gasteiger partial charge is 0.493 e. The van der Waals surface area contributed by atoms with Crippen molar-refractivity contribution in [2.24, 2.45) is 0 Å². The van der Waals surface area contributed by atoms with Gasteiger partial charge in [-0.15, -0.1) is 0 Å². The Balaban J connectivity index is 2.04. The zero-order valence-corrected chi connectivity index (χ0v) is 12.3. The van der Waals surface area contributed by atoms with E-state index in [1.54, 1.807) is 7.11 Å². The topological polar surface area (TPSA) is 63.6 Å². The number of methoxy groups -OCH3 is 1. The SMILES string of the molecule is COc1ccc(NCc2ccc(C)nc2)cc1OCCO. The molecule has 0 unspecified atom stereocenters. The number of nitrogens with zero attached hydrogens (tertiary/aromatic N) is 1. The highest BCUT2D eigenvalue weighted by atomic mass is 16.5. The molecule has 1 aromatic heterocycles. The monoisotopic (exact) mass is 288 g/mol. The summed E-state index contributed by atoms with van der Waals surface area (Å²) >= 11 is 0. The van der Waals surface area contributed by atoms with Crippen molar-refractivity contribution < 1.29 is 14.6 Å². The molecule has 0 amide bonds. The maximum atomic E-state index is 8.85. The quantitative estimate of drug-likeness (QED) is 0.819. The molecule has 0 aliphatic rings. The van der Waals surface area contributed by atoms with Gasteiger partial charge in [0.25, 0.3) is 0 Å². The van der Waals surface area contributed by atoms with E-state index in [0.29, 0.717) is 18.0 Å². The van der Waals surface area contributed by atoms with Gasteiger partial charge in [0.1, 0.15) is 6.61 Å². The van der Waals surface area contributed by atoms with Crippen LogP contribution in [-0.4, -0.2) is 30.4 Å². The van der Waals surface area contributed by atoms with Gasteiger partial charge in [0.05, 0.1) is 13.7 Å². The normalized spacial score (nSPS) is 10.2. The molecule has 2 aromatic rings. The third-order valence-electron chi connectivity index (χ3n) is 2.98. The van der Waals surface area contributed by atoms with E-state index in [1.807, 2.05) is 43.5 Å². The van der Waals surface area contributed by atoms with Gasteiger partial charge in [0.2, 0.25) is 0 Å². The molecule has 112 valence electrons. The summed E-state index contributed by atoms with van der Waals surface area (Å²) in [6, 6.07) is 9.65. The van der Waals surface area contributed by atoms with Gasteiger partial charge in [-0.2, -0.15) is 0 Å². The van der Waals surface area contributed by atoms with Crippen molar-refractivity contribution in [3.05, 3.63) is 47.8 Å². The third-order valence-corrected chi connectivity index (χ3v) is 2.98. The molecule has 0 bridgehead atoms. The van der Waals surface area contributed by atoms with Gasteiger partial charge in [0.15, 0.2) is 11.5 Å². The molecule has 0 atom stereocenters. The van der Waals surface area contributed by atoms with Crippen LogP contribution in [0.15, 0.2) is 36.5 Å². The number of benzene rings is 1. The van der Waals surface area contributed by atoms with Crippen LogP contribution in [0, 0.1) is 6.92 Å². The Bertz CT molecular complexity index is 570. The van der Waals surface area contributed by atoms with Crippen LogP contribution in [0.3, 0.4) is 0 Å². The maximum Gasteiger partial charge on any atom is 0.163 e. The first-order valence-electron chi connectivity index (χ1n) is 6.80. The summed E-state index contributed by atoms with van der Waals surface area (Å²) in [5, 5.41) is 12.2. The molecule has 21 heavy (non-hydrogen) atoms. The van der Waals surface area contributed by atoms with E-state index in [1.165, 1.54) is 0 Å². The molecule has 5 heteroatoms. The van der Waals surface area contributed by atoms with Crippen LogP contribution in [-0.2, 0) is 6.54 Å². The van der Waals surface area contributed by atoms with Crippen molar-refractivity contribution in [3.8, 4) is 11.5 Å². The zero-order chi connectivity index (χ0) is 15.1. The zero-order valence-electron chi connectivity index (χ0n) is 12.3. The van der Waals surface area contributed by atoms with Crippen LogP contribution in [0.25, 0.3) is 0 Å². The lowest BCUT2D eigenvalue weighted by atomic mass is 10.2. The molecule has 5 nitrogen and oxygen atoms in total. The second-order valence-corrected chi connectivity index (χ2v) is 4.60. The maximum absolute atomic E-state index is 8.85. The van der Waals surface area contributed by atoms with E-state index in [2.05, 4.69) is 10.3 Å². The average Bonchev–Trinajstić information content (AvgIpc) is 2.52. The Morgan fingerprint density at radius 1 is 1.19 bits per heavy atom. The molecule has 2 rings (SSSR count). The van der Waals surface area contributed by atoms with Gasteiger partial charge in [-0.3, -0.25) is 4.98 Å². The Morgan fingerprint density at radius 2 is 2.05 bits per heavy atom. The number of aliphatic hydroxyl groups excluding tert-OH is 1. The number of aromatic nitrogens is 1. The summed E-state index contributed by atoms with van der Waals surface area (Å²) in [4.78, 5) is 4.26. The van der Waals surface area contributed by atoms with Gasteiger partial charge >= 0.3 is 0 Å². The van der Waals surface area contributed by atoms with E-state index in [9.17, 15) is 0 Å². The fraction of sp³-hybridized carbons (Fsp3) is 0.312. The number of ether oxygens (including phenoxy) is 2. The molecule has 0 fully saturated rings. The van der Waals surface area contributed by atoms with Crippen molar-refractivity contribution in [2.75, 3.05) is 25.6 Å². The van der Waals surface area contributed by atoms with Gasteiger partial charge in [-0.1, -0.05) is 6.07 Å². The fourth-order valence-electron chi connectivity index (χ4n) is 1.86. The molecular weight excluding hydrogens is 268 g/mol. The molecule has 1 aromatic carbocycles. The minimum atomic E-state index is -0.0319. The van der Waals surface area contributed by atoms with E-state index in [4.69, 9.17) is 14.6 Å². The van der Waals surface area contributed by atoms with Crippen LogP contribution in [0.5, 0.6) is 11.5 Å². The number of aryl methyl sites for hydroxylation is 1. The first-order valence-corrected chi connectivity index (χ1v) is 6.80.